The van der Waals surface area contributed by atoms with E-state index in [0.29, 0.717) is 19.8 Å². The van der Waals surface area contributed by atoms with Gasteiger partial charge in [0.05, 0.1) is 44.2 Å². The van der Waals surface area contributed by atoms with Crippen molar-refractivity contribution in [2.24, 2.45) is 0 Å². The van der Waals surface area contributed by atoms with Crippen molar-refractivity contribution < 1.29 is 19.3 Å². The Morgan fingerprint density at radius 2 is 1.28 bits per heavy atom. The summed E-state index contributed by atoms with van der Waals surface area (Å²) in [7, 11) is 0. The summed E-state index contributed by atoms with van der Waals surface area (Å²) in [5.41, 5.74) is 0. The van der Waals surface area contributed by atoms with E-state index in [1.165, 1.54) is 0 Å². The lowest BCUT2D eigenvalue weighted by molar-refractivity contribution is -0.0757. The largest absolute Gasteiger partial charge is 0.391 e. The van der Waals surface area contributed by atoms with Crippen LogP contribution in [0.5, 0.6) is 0 Å². The third-order valence-corrected chi connectivity index (χ3v) is 3.06. The van der Waals surface area contributed by atoms with Crippen LogP contribution >= 0.6 is 11.8 Å². The summed E-state index contributed by atoms with van der Waals surface area (Å²) in [6, 6.07) is 0. The van der Waals surface area contributed by atoms with E-state index in [0.717, 1.165) is 5.75 Å². The molecule has 0 aromatic carbocycles. The van der Waals surface area contributed by atoms with Crippen LogP contribution < -0.4 is 0 Å². The molecule has 110 valence electrons. The fourth-order valence-corrected chi connectivity index (χ4v) is 1.85. The van der Waals surface area contributed by atoms with Crippen molar-refractivity contribution in [1.29, 1.82) is 0 Å². The summed E-state index contributed by atoms with van der Waals surface area (Å²) < 4.78 is 16.7. The normalized spacial score (nSPS) is 18.3. The topological polar surface area (TPSA) is 47.9 Å². The Labute approximate surface area is 115 Å². The Kier molecular flexibility index (Phi) is 11.2. The van der Waals surface area contributed by atoms with Gasteiger partial charge in [0.1, 0.15) is 0 Å². The Morgan fingerprint density at radius 3 is 1.72 bits per heavy atom. The van der Waals surface area contributed by atoms with Crippen LogP contribution in [-0.4, -0.2) is 61.4 Å². The Balaban J connectivity index is 3.54. The van der Waals surface area contributed by atoms with Gasteiger partial charge in [-0.2, -0.15) is 11.8 Å². The summed E-state index contributed by atoms with van der Waals surface area (Å²) in [6.45, 7) is 9.17. The molecule has 4 atom stereocenters. The minimum atomic E-state index is -0.430. The molecule has 1 N–H and O–H groups in total. The quantitative estimate of drug-likeness (QED) is 0.627. The highest BCUT2D eigenvalue weighted by Gasteiger charge is 2.10. The molecule has 0 aliphatic carbocycles. The molecule has 0 saturated heterocycles. The molecule has 0 fully saturated rings. The number of thioether (sulfide) groups is 1. The fourth-order valence-electron chi connectivity index (χ4n) is 1.28. The number of rotatable bonds is 11. The van der Waals surface area contributed by atoms with E-state index in [1.54, 1.807) is 18.7 Å². The molecule has 0 amide bonds. The lowest BCUT2D eigenvalue weighted by Crippen LogP contribution is -2.27. The predicted octanol–water partition coefficient (Wildman–Crippen LogP) is 1.95. The monoisotopic (exact) mass is 280 g/mol. The van der Waals surface area contributed by atoms with Crippen molar-refractivity contribution in [3.05, 3.63) is 0 Å². The summed E-state index contributed by atoms with van der Waals surface area (Å²) >= 11 is 1.78. The van der Waals surface area contributed by atoms with E-state index in [9.17, 15) is 0 Å². The highest BCUT2D eigenvalue weighted by atomic mass is 32.2. The van der Waals surface area contributed by atoms with Crippen molar-refractivity contribution >= 4 is 11.8 Å². The molecule has 0 heterocycles. The Hall–Kier alpha value is 0.190. The van der Waals surface area contributed by atoms with E-state index in [2.05, 4.69) is 13.2 Å². The molecular weight excluding hydrogens is 252 g/mol. The minimum absolute atomic E-state index is 0.00864. The molecule has 0 rings (SSSR count). The van der Waals surface area contributed by atoms with Crippen LogP contribution in [0.2, 0.25) is 0 Å². The van der Waals surface area contributed by atoms with Crippen molar-refractivity contribution in [1.82, 2.24) is 0 Å². The van der Waals surface area contributed by atoms with Gasteiger partial charge >= 0.3 is 0 Å². The Morgan fingerprint density at radius 1 is 0.833 bits per heavy atom. The van der Waals surface area contributed by atoms with Crippen LogP contribution in [0.25, 0.3) is 0 Å². The van der Waals surface area contributed by atoms with Gasteiger partial charge in [0, 0.05) is 5.75 Å². The zero-order valence-corrected chi connectivity index (χ0v) is 13.0. The summed E-state index contributed by atoms with van der Waals surface area (Å²) in [4.78, 5) is 0. The molecule has 0 radical (unpaired) electrons. The number of ether oxygens (including phenoxy) is 3. The summed E-state index contributed by atoms with van der Waals surface area (Å²) in [6.07, 6.45) is 1.95. The van der Waals surface area contributed by atoms with Crippen molar-refractivity contribution in [2.75, 3.05) is 31.8 Å². The third kappa shape index (κ3) is 11.3. The van der Waals surface area contributed by atoms with Gasteiger partial charge in [-0.15, -0.1) is 0 Å². The maximum absolute atomic E-state index is 9.09. The van der Waals surface area contributed by atoms with Gasteiger partial charge < -0.3 is 19.3 Å². The molecule has 4 unspecified atom stereocenters. The van der Waals surface area contributed by atoms with Crippen molar-refractivity contribution in [2.45, 2.75) is 52.1 Å². The van der Waals surface area contributed by atoms with E-state index in [-0.39, 0.29) is 18.3 Å². The summed E-state index contributed by atoms with van der Waals surface area (Å²) in [5, 5.41) is 9.09. The molecule has 18 heavy (non-hydrogen) atoms. The third-order valence-electron chi connectivity index (χ3n) is 2.25. The molecule has 0 aromatic rings. The SMILES string of the molecule is CSCC(C)OCC(C)OCC(C)OCC(C)O. The second-order valence-corrected chi connectivity index (χ2v) is 5.65. The minimum Gasteiger partial charge on any atom is -0.391 e. The van der Waals surface area contributed by atoms with Gasteiger partial charge in [-0.3, -0.25) is 0 Å². The number of hydrogen-bond acceptors (Lipinski definition) is 5. The first-order chi connectivity index (χ1) is 8.45. The van der Waals surface area contributed by atoms with E-state index in [1.807, 2.05) is 13.8 Å². The standard InChI is InChI=1S/C13H28O4S/c1-10(14)6-15-11(2)7-16-12(3)8-17-13(4)9-18-5/h10-14H,6-9H2,1-5H3. The van der Waals surface area contributed by atoms with E-state index < -0.39 is 6.10 Å². The molecule has 0 spiro atoms. The predicted molar refractivity (Wildman–Crippen MR) is 76.3 cm³/mol. The van der Waals surface area contributed by atoms with Crippen LogP contribution in [0, 0.1) is 0 Å². The second-order valence-electron chi connectivity index (χ2n) is 4.74. The average molecular weight is 280 g/mol. The van der Waals surface area contributed by atoms with Gasteiger partial charge in [-0.1, -0.05) is 0 Å². The fraction of sp³-hybridized carbons (Fsp3) is 1.00. The zero-order valence-electron chi connectivity index (χ0n) is 12.2. The molecule has 0 bridgehead atoms. The summed E-state index contributed by atoms with van der Waals surface area (Å²) in [5.74, 6) is 1.00. The second kappa shape index (κ2) is 11.1. The van der Waals surface area contributed by atoms with Crippen LogP contribution in [0.15, 0.2) is 0 Å². The number of hydrogen-bond donors (Lipinski definition) is 1. The van der Waals surface area contributed by atoms with Crippen molar-refractivity contribution in [3.63, 3.8) is 0 Å². The molecule has 0 saturated carbocycles. The average Bonchev–Trinajstić information content (AvgIpc) is 2.31. The van der Waals surface area contributed by atoms with Crippen LogP contribution in [0.4, 0.5) is 0 Å². The number of aliphatic hydroxyl groups excluding tert-OH is 1. The highest BCUT2D eigenvalue weighted by molar-refractivity contribution is 7.98. The smallest absolute Gasteiger partial charge is 0.0781 e. The maximum atomic E-state index is 9.09. The highest BCUT2D eigenvalue weighted by Crippen LogP contribution is 2.04. The lowest BCUT2D eigenvalue weighted by Gasteiger charge is -2.20. The van der Waals surface area contributed by atoms with Gasteiger partial charge in [-0.05, 0) is 34.0 Å². The first-order valence-corrected chi connectivity index (χ1v) is 7.86. The first kappa shape index (κ1) is 18.2. The van der Waals surface area contributed by atoms with Gasteiger partial charge in [0.15, 0.2) is 0 Å². The van der Waals surface area contributed by atoms with Gasteiger partial charge in [0.25, 0.3) is 0 Å². The molecule has 0 aliphatic heterocycles. The van der Waals surface area contributed by atoms with Crippen LogP contribution in [0.3, 0.4) is 0 Å². The molecule has 0 aromatic heterocycles. The lowest BCUT2D eigenvalue weighted by atomic mass is 10.4. The van der Waals surface area contributed by atoms with E-state index in [4.69, 9.17) is 19.3 Å². The van der Waals surface area contributed by atoms with Gasteiger partial charge in [0.2, 0.25) is 0 Å². The number of aliphatic hydroxyl groups is 1. The zero-order chi connectivity index (χ0) is 14.0. The maximum Gasteiger partial charge on any atom is 0.0781 e. The van der Waals surface area contributed by atoms with E-state index >= 15 is 0 Å². The molecular formula is C13H28O4S. The van der Waals surface area contributed by atoms with Crippen LogP contribution in [0.1, 0.15) is 27.7 Å². The van der Waals surface area contributed by atoms with Crippen molar-refractivity contribution in [3.8, 4) is 0 Å². The first-order valence-electron chi connectivity index (χ1n) is 6.47. The molecule has 4 nitrogen and oxygen atoms in total. The molecule has 5 heteroatoms. The Bertz CT molecular complexity index is 190. The van der Waals surface area contributed by atoms with Gasteiger partial charge in [-0.25, -0.2) is 0 Å². The van der Waals surface area contributed by atoms with Crippen LogP contribution in [-0.2, 0) is 14.2 Å². The molecule has 0 aliphatic rings.